The summed E-state index contributed by atoms with van der Waals surface area (Å²) in [5.41, 5.74) is 3.95. The number of nitrogens with zero attached hydrogens (tertiary/aromatic N) is 1. The van der Waals surface area contributed by atoms with Gasteiger partial charge in [-0.05, 0) is 49.2 Å². The van der Waals surface area contributed by atoms with E-state index in [4.69, 9.17) is 4.42 Å². The molecule has 0 unspecified atom stereocenters. The summed E-state index contributed by atoms with van der Waals surface area (Å²) in [7, 11) is -3.65. The monoisotopic (exact) mass is 392 g/mol. The van der Waals surface area contributed by atoms with Gasteiger partial charge in [0.15, 0.2) is 11.5 Å². The molecule has 0 aliphatic carbocycles. The van der Waals surface area contributed by atoms with Gasteiger partial charge in [-0.25, -0.2) is 13.4 Å². The van der Waals surface area contributed by atoms with Gasteiger partial charge in [-0.2, -0.15) is 0 Å². The third-order valence-corrected chi connectivity index (χ3v) is 5.88. The minimum atomic E-state index is -3.65. The minimum Gasteiger partial charge on any atom is -0.441 e. The number of hydrogen-bond donors (Lipinski definition) is 1. The number of benzene rings is 3. The molecule has 5 nitrogen and oxygen atoms in total. The molecule has 1 N–H and O–H groups in total. The first-order valence-electron chi connectivity index (χ1n) is 9.02. The van der Waals surface area contributed by atoms with Crippen molar-refractivity contribution in [2.75, 3.05) is 4.72 Å². The maximum Gasteiger partial charge on any atom is 0.261 e. The molecule has 4 aromatic rings. The van der Waals surface area contributed by atoms with Crippen LogP contribution in [0.5, 0.6) is 0 Å². The van der Waals surface area contributed by atoms with Crippen molar-refractivity contribution in [3.63, 3.8) is 0 Å². The Hall–Kier alpha value is -3.12. The summed E-state index contributed by atoms with van der Waals surface area (Å²) in [6.45, 7) is 1.91. The van der Waals surface area contributed by atoms with E-state index < -0.39 is 10.0 Å². The number of aryl methyl sites for hydroxylation is 3. The van der Waals surface area contributed by atoms with Crippen molar-refractivity contribution in [2.45, 2.75) is 24.7 Å². The number of oxazole rings is 1. The van der Waals surface area contributed by atoms with Crippen LogP contribution in [0.4, 0.5) is 5.69 Å². The molecule has 0 aliphatic rings. The van der Waals surface area contributed by atoms with Gasteiger partial charge in [0.25, 0.3) is 10.0 Å². The normalized spacial score (nSPS) is 11.6. The molecule has 3 aromatic carbocycles. The second-order valence-electron chi connectivity index (χ2n) is 6.69. The molecule has 0 spiro atoms. The van der Waals surface area contributed by atoms with Crippen LogP contribution >= 0.6 is 0 Å². The van der Waals surface area contributed by atoms with E-state index in [-0.39, 0.29) is 4.90 Å². The highest BCUT2D eigenvalue weighted by atomic mass is 32.2. The van der Waals surface area contributed by atoms with E-state index in [1.54, 1.807) is 42.5 Å². The molecule has 1 heterocycles. The molecule has 6 heteroatoms. The quantitative estimate of drug-likeness (QED) is 0.515. The molecule has 0 amide bonds. The zero-order valence-electron chi connectivity index (χ0n) is 15.4. The lowest BCUT2D eigenvalue weighted by atomic mass is 10.1. The number of aromatic nitrogens is 1. The second kappa shape index (κ2) is 7.48. The van der Waals surface area contributed by atoms with Gasteiger partial charge in [0.05, 0.1) is 10.6 Å². The molecule has 0 radical (unpaired) electrons. The number of nitrogens with one attached hydrogen (secondary N) is 1. The van der Waals surface area contributed by atoms with Crippen LogP contribution in [0.15, 0.2) is 82.1 Å². The molecule has 28 heavy (non-hydrogen) atoms. The predicted octanol–water partition coefficient (Wildman–Crippen LogP) is 4.72. The van der Waals surface area contributed by atoms with E-state index in [0.29, 0.717) is 29.1 Å². The number of fused-ring (bicyclic) bond motifs is 1. The topological polar surface area (TPSA) is 72.2 Å². The molecule has 4 rings (SSSR count). The highest BCUT2D eigenvalue weighted by molar-refractivity contribution is 7.92. The summed E-state index contributed by atoms with van der Waals surface area (Å²) in [6, 6.07) is 22.0. The van der Waals surface area contributed by atoms with Crippen LogP contribution in [0.25, 0.3) is 11.1 Å². The van der Waals surface area contributed by atoms with Crippen LogP contribution < -0.4 is 4.72 Å². The van der Waals surface area contributed by atoms with Crippen molar-refractivity contribution >= 4 is 26.8 Å². The van der Waals surface area contributed by atoms with E-state index in [9.17, 15) is 8.42 Å². The summed E-state index contributed by atoms with van der Waals surface area (Å²) < 4.78 is 33.5. The van der Waals surface area contributed by atoms with E-state index >= 15 is 0 Å². The van der Waals surface area contributed by atoms with Crippen molar-refractivity contribution < 1.29 is 12.8 Å². The average molecular weight is 392 g/mol. The molecule has 0 bridgehead atoms. The number of anilines is 1. The number of sulfonamides is 1. The van der Waals surface area contributed by atoms with Crippen LogP contribution in [0, 0.1) is 6.92 Å². The van der Waals surface area contributed by atoms with Crippen molar-refractivity contribution in [3.8, 4) is 0 Å². The SMILES string of the molecule is Cc1ccc(S(=O)(=O)Nc2ccc3oc(CCc4ccccc4)nc3c2)cc1. The standard InChI is InChI=1S/C22H20N2O3S/c1-16-7-11-19(12-8-16)28(25,26)24-18-10-13-21-20(15-18)23-22(27-21)14-9-17-5-3-2-4-6-17/h2-8,10-13,15,24H,9,14H2,1H3. The fourth-order valence-electron chi connectivity index (χ4n) is 2.97. The Morgan fingerprint density at radius 3 is 2.43 bits per heavy atom. The largest absolute Gasteiger partial charge is 0.441 e. The maximum absolute atomic E-state index is 12.6. The van der Waals surface area contributed by atoms with Crippen LogP contribution in [0.1, 0.15) is 17.0 Å². The van der Waals surface area contributed by atoms with Gasteiger partial charge in [0.1, 0.15) is 5.52 Å². The lowest BCUT2D eigenvalue weighted by Crippen LogP contribution is -2.12. The molecular formula is C22H20N2O3S. The number of hydrogen-bond acceptors (Lipinski definition) is 4. The van der Waals surface area contributed by atoms with Gasteiger partial charge in [-0.15, -0.1) is 0 Å². The molecule has 0 fully saturated rings. The van der Waals surface area contributed by atoms with Crippen molar-refractivity contribution in [1.29, 1.82) is 0 Å². The highest BCUT2D eigenvalue weighted by Crippen LogP contribution is 2.23. The third-order valence-electron chi connectivity index (χ3n) is 4.49. The van der Waals surface area contributed by atoms with Gasteiger partial charge < -0.3 is 4.42 Å². The second-order valence-corrected chi connectivity index (χ2v) is 8.38. The van der Waals surface area contributed by atoms with Gasteiger partial charge in [0.2, 0.25) is 0 Å². The Morgan fingerprint density at radius 2 is 1.68 bits per heavy atom. The minimum absolute atomic E-state index is 0.224. The summed E-state index contributed by atoms with van der Waals surface area (Å²) in [5, 5.41) is 0. The van der Waals surface area contributed by atoms with Gasteiger partial charge in [-0.1, -0.05) is 48.0 Å². The molecule has 0 atom stereocenters. The number of rotatable bonds is 6. The van der Waals surface area contributed by atoms with Gasteiger partial charge >= 0.3 is 0 Å². The van der Waals surface area contributed by atoms with Crippen molar-refractivity contribution in [2.24, 2.45) is 0 Å². The molecule has 0 aliphatic heterocycles. The fourth-order valence-corrected chi connectivity index (χ4v) is 4.02. The summed E-state index contributed by atoms with van der Waals surface area (Å²) >= 11 is 0. The highest BCUT2D eigenvalue weighted by Gasteiger charge is 2.15. The van der Waals surface area contributed by atoms with Crippen molar-refractivity contribution in [1.82, 2.24) is 4.98 Å². The smallest absolute Gasteiger partial charge is 0.261 e. The first-order chi connectivity index (χ1) is 13.5. The van der Waals surface area contributed by atoms with Crippen molar-refractivity contribution in [3.05, 3.63) is 89.8 Å². The molecule has 142 valence electrons. The van der Waals surface area contributed by atoms with Crippen LogP contribution in [-0.4, -0.2) is 13.4 Å². The van der Waals surface area contributed by atoms with Gasteiger partial charge in [0, 0.05) is 6.42 Å². The first-order valence-corrected chi connectivity index (χ1v) is 10.5. The van der Waals surface area contributed by atoms with Crippen LogP contribution in [0.3, 0.4) is 0 Å². The van der Waals surface area contributed by atoms with Crippen LogP contribution in [-0.2, 0) is 22.9 Å². The Kier molecular flexibility index (Phi) is 4.88. The zero-order chi connectivity index (χ0) is 19.6. The fraction of sp³-hybridized carbons (Fsp3) is 0.136. The van der Waals surface area contributed by atoms with E-state index in [1.807, 2.05) is 25.1 Å². The van der Waals surface area contributed by atoms with E-state index in [0.717, 1.165) is 12.0 Å². The first kappa shape index (κ1) is 18.3. The molecular weight excluding hydrogens is 372 g/mol. The Balaban J connectivity index is 1.52. The summed E-state index contributed by atoms with van der Waals surface area (Å²) in [5.74, 6) is 0.636. The predicted molar refractivity (Wildman–Crippen MR) is 110 cm³/mol. The van der Waals surface area contributed by atoms with Crippen LogP contribution in [0.2, 0.25) is 0 Å². The van der Waals surface area contributed by atoms with E-state index in [1.165, 1.54) is 5.56 Å². The Bertz CT molecular complexity index is 1200. The Morgan fingerprint density at radius 1 is 0.929 bits per heavy atom. The summed E-state index contributed by atoms with van der Waals surface area (Å²) in [4.78, 5) is 4.73. The lowest BCUT2D eigenvalue weighted by Gasteiger charge is -2.08. The third kappa shape index (κ3) is 4.07. The molecule has 0 saturated carbocycles. The summed E-state index contributed by atoms with van der Waals surface area (Å²) in [6.07, 6.45) is 1.52. The van der Waals surface area contributed by atoms with E-state index in [2.05, 4.69) is 21.8 Å². The lowest BCUT2D eigenvalue weighted by molar-refractivity contribution is 0.528. The maximum atomic E-state index is 12.6. The average Bonchev–Trinajstić information content (AvgIpc) is 3.09. The van der Waals surface area contributed by atoms with Gasteiger partial charge in [-0.3, -0.25) is 4.72 Å². The zero-order valence-corrected chi connectivity index (χ0v) is 16.2. The molecule has 0 saturated heterocycles. The molecule has 1 aromatic heterocycles. The Labute approximate surface area is 164 Å².